The molecule has 4 aromatic rings. The van der Waals surface area contributed by atoms with Gasteiger partial charge >= 0.3 is 5.91 Å². The number of anilines is 1. The van der Waals surface area contributed by atoms with Gasteiger partial charge in [-0.1, -0.05) is 35.1 Å². The highest BCUT2D eigenvalue weighted by Crippen LogP contribution is 2.44. The number of carbonyl (C=O) groups is 2. The van der Waals surface area contributed by atoms with E-state index in [1.165, 1.54) is 66.7 Å². The largest absolute Gasteiger partial charge is 0.507 e. The lowest BCUT2D eigenvalue weighted by atomic mass is 9.95. The second-order valence-electron chi connectivity index (χ2n) is 7.64. The van der Waals surface area contributed by atoms with Gasteiger partial charge in [0, 0.05) is 22.7 Å². The molecule has 1 aromatic heterocycles. The zero-order valence-corrected chi connectivity index (χ0v) is 19.1. The molecular formula is C24H13ClFN3O5S. The average Bonchev–Trinajstić information content (AvgIpc) is 3.37. The minimum Gasteiger partial charge on any atom is -0.507 e. The molecule has 3 aromatic carbocycles. The standard InChI is InChI=1S/C24H13ClFN3O5S/c25-14-6-4-12(5-7-14)21(30)19-20(13-2-1-3-16(10-13)29(33)34)28(23(32)22(19)31)24-27-17-9-8-15(26)11-18(17)35-24/h1-11,20,30H/b21-19+. The van der Waals surface area contributed by atoms with Gasteiger partial charge in [0.15, 0.2) is 5.13 Å². The van der Waals surface area contributed by atoms with Gasteiger partial charge in [-0.15, -0.1) is 0 Å². The van der Waals surface area contributed by atoms with Crippen molar-refractivity contribution in [2.75, 3.05) is 4.90 Å². The van der Waals surface area contributed by atoms with Crippen LogP contribution in [0.15, 0.2) is 72.3 Å². The monoisotopic (exact) mass is 509 g/mol. The van der Waals surface area contributed by atoms with Crippen LogP contribution >= 0.6 is 22.9 Å². The lowest BCUT2D eigenvalue weighted by molar-refractivity contribution is -0.384. The van der Waals surface area contributed by atoms with E-state index in [1.54, 1.807) is 0 Å². The van der Waals surface area contributed by atoms with Crippen molar-refractivity contribution in [1.29, 1.82) is 0 Å². The molecule has 1 aliphatic heterocycles. The van der Waals surface area contributed by atoms with E-state index in [0.717, 1.165) is 16.2 Å². The average molecular weight is 510 g/mol. The summed E-state index contributed by atoms with van der Waals surface area (Å²) in [5.41, 5.74) is 0.339. The summed E-state index contributed by atoms with van der Waals surface area (Å²) in [5.74, 6) is -2.92. The maximum atomic E-state index is 13.7. The highest BCUT2D eigenvalue weighted by Gasteiger charge is 2.48. The maximum absolute atomic E-state index is 13.7. The number of non-ortho nitro benzene ring substituents is 1. The fourth-order valence-electron chi connectivity index (χ4n) is 3.91. The number of ketones is 1. The highest BCUT2D eigenvalue weighted by atomic mass is 35.5. The number of hydrogen-bond acceptors (Lipinski definition) is 7. The van der Waals surface area contributed by atoms with Crippen LogP contribution in [-0.4, -0.2) is 26.7 Å². The summed E-state index contributed by atoms with van der Waals surface area (Å²) in [6.07, 6.45) is 0. The molecule has 0 bridgehead atoms. The lowest BCUT2D eigenvalue weighted by Crippen LogP contribution is -2.29. The summed E-state index contributed by atoms with van der Waals surface area (Å²) in [6, 6.07) is 14.1. The number of hydrogen-bond donors (Lipinski definition) is 1. The van der Waals surface area contributed by atoms with Crippen LogP contribution in [0, 0.1) is 15.9 Å². The fraction of sp³-hybridized carbons (Fsp3) is 0.0417. The number of Topliss-reactive ketones (excluding diaryl/α,β-unsaturated/α-hetero) is 1. The van der Waals surface area contributed by atoms with Crippen molar-refractivity contribution < 1.29 is 24.0 Å². The summed E-state index contributed by atoms with van der Waals surface area (Å²) in [6.45, 7) is 0. The van der Waals surface area contributed by atoms with Crippen LogP contribution in [-0.2, 0) is 9.59 Å². The van der Waals surface area contributed by atoms with Crippen LogP contribution in [0.2, 0.25) is 5.02 Å². The van der Waals surface area contributed by atoms with Gasteiger partial charge in [-0.05, 0) is 48.0 Å². The van der Waals surface area contributed by atoms with Crippen molar-refractivity contribution in [2.24, 2.45) is 0 Å². The van der Waals surface area contributed by atoms with Gasteiger partial charge in [0.25, 0.3) is 11.5 Å². The van der Waals surface area contributed by atoms with Crippen LogP contribution in [0.25, 0.3) is 16.0 Å². The number of thiazole rings is 1. The molecule has 0 spiro atoms. The van der Waals surface area contributed by atoms with Crippen LogP contribution in [0.5, 0.6) is 0 Å². The van der Waals surface area contributed by atoms with Crippen molar-refractivity contribution in [3.63, 3.8) is 0 Å². The lowest BCUT2D eigenvalue weighted by Gasteiger charge is -2.22. The molecule has 1 unspecified atom stereocenters. The zero-order chi connectivity index (χ0) is 24.9. The molecule has 174 valence electrons. The van der Waals surface area contributed by atoms with E-state index in [2.05, 4.69) is 4.98 Å². The first-order chi connectivity index (χ1) is 16.7. The molecule has 11 heteroatoms. The molecule has 0 radical (unpaired) electrons. The molecule has 1 aliphatic rings. The summed E-state index contributed by atoms with van der Waals surface area (Å²) in [5, 5.41) is 23.0. The Kier molecular flexibility index (Phi) is 5.54. The quantitative estimate of drug-likeness (QED) is 0.125. The first-order valence-corrected chi connectivity index (χ1v) is 11.3. The molecule has 5 rings (SSSR count). The Labute approximate surface area is 205 Å². The van der Waals surface area contributed by atoms with Gasteiger partial charge < -0.3 is 5.11 Å². The smallest absolute Gasteiger partial charge is 0.301 e. The number of halogens is 2. The highest BCUT2D eigenvalue weighted by molar-refractivity contribution is 7.22. The number of carbonyl (C=O) groups excluding carboxylic acids is 2. The Morgan fingerprint density at radius 3 is 2.57 bits per heavy atom. The molecule has 2 heterocycles. The van der Waals surface area contributed by atoms with Crippen molar-refractivity contribution in [2.45, 2.75) is 6.04 Å². The Hall–Kier alpha value is -4.15. The number of aliphatic hydroxyl groups excluding tert-OH is 1. The summed E-state index contributed by atoms with van der Waals surface area (Å²) in [7, 11) is 0. The van der Waals surface area contributed by atoms with Crippen LogP contribution in [0.3, 0.4) is 0 Å². The van der Waals surface area contributed by atoms with Crippen molar-refractivity contribution in [3.05, 3.63) is 104 Å². The van der Waals surface area contributed by atoms with Gasteiger partial charge in [-0.25, -0.2) is 9.37 Å². The molecule has 0 saturated carbocycles. The number of rotatable bonds is 4. The number of aromatic nitrogens is 1. The Morgan fingerprint density at radius 2 is 1.86 bits per heavy atom. The molecule has 35 heavy (non-hydrogen) atoms. The topological polar surface area (TPSA) is 114 Å². The molecule has 0 aliphatic carbocycles. The SMILES string of the molecule is O=C1C(=O)N(c2nc3ccc(F)cc3s2)C(c2cccc([N+](=O)[O-])c2)/C1=C(\O)c1ccc(Cl)cc1. The first kappa shape index (κ1) is 22.6. The van der Waals surface area contributed by atoms with E-state index in [9.17, 15) is 29.2 Å². The number of nitrogens with zero attached hydrogens (tertiary/aromatic N) is 3. The number of nitro benzene ring substituents is 1. The molecule has 1 saturated heterocycles. The van der Waals surface area contributed by atoms with Crippen LogP contribution < -0.4 is 4.90 Å². The third-order valence-electron chi connectivity index (χ3n) is 5.50. The van der Waals surface area contributed by atoms with Gasteiger partial charge in [0.2, 0.25) is 0 Å². The number of nitro groups is 1. The zero-order valence-electron chi connectivity index (χ0n) is 17.5. The van der Waals surface area contributed by atoms with E-state index < -0.39 is 34.2 Å². The van der Waals surface area contributed by atoms with Crippen LogP contribution in [0.4, 0.5) is 15.2 Å². The Balaban J connectivity index is 1.75. The van der Waals surface area contributed by atoms with E-state index in [1.807, 2.05) is 0 Å². The minimum absolute atomic E-state index is 0.0827. The van der Waals surface area contributed by atoms with E-state index >= 15 is 0 Å². The third kappa shape index (κ3) is 3.92. The van der Waals surface area contributed by atoms with E-state index in [4.69, 9.17) is 11.6 Å². The second-order valence-corrected chi connectivity index (χ2v) is 9.08. The second kappa shape index (κ2) is 8.57. The number of benzene rings is 3. The molecular weight excluding hydrogens is 497 g/mol. The third-order valence-corrected chi connectivity index (χ3v) is 6.77. The summed E-state index contributed by atoms with van der Waals surface area (Å²) >= 11 is 6.91. The number of fused-ring (bicyclic) bond motifs is 1. The predicted molar refractivity (Wildman–Crippen MR) is 129 cm³/mol. The summed E-state index contributed by atoms with van der Waals surface area (Å²) < 4.78 is 14.2. The normalized spacial score (nSPS) is 17.3. The Bertz CT molecular complexity index is 1570. The molecule has 8 nitrogen and oxygen atoms in total. The van der Waals surface area contributed by atoms with Gasteiger partial charge in [0.05, 0.1) is 26.8 Å². The van der Waals surface area contributed by atoms with Crippen LogP contribution in [0.1, 0.15) is 17.2 Å². The summed E-state index contributed by atoms with van der Waals surface area (Å²) in [4.78, 5) is 42.7. The van der Waals surface area contributed by atoms with Crippen molar-refractivity contribution in [1.82, 2.24) is 4.98 Å². The molecule has 1 fully saturated rings. The predicted octanol–water partition coefficient (Wildman–Crippen LogP) is 5.62. The van der Waals surface area contributed by atoms with Gasteiger partial charge in [-0.3, -0.25) is 24.6 Å². The maximum Gasteiger partial charge on any atom is 0.301 e. The molecule has 1 N–H and O–H groups in total. The molecule has 1 amide bonds. The van der Waals surface area contributed by atoms with E-state index in [-0.39, 0.29) is 27.5 Å². The minimum atomic E-state index is -1.21. The molecule has 1 atom stereocenters. The van der Waals surface area contributed by atoms with E-state index in [0.29, 0.717) is 15.2 Å². The number of aliphatic hydroxyl groups is 1. The van der Waals surface area contributed by atoms with Gasteiger partial charge in [0.1, 0.15) is 11.6 Å². The first-order valence-electron chi connectivity index (χ1n) is 10.1. The van der Waals surface area contributed by atoms with Gasteiger partial charge in [-0.2, -0.15) is 0 Å². The van der Waals surface area contributed by atoms with Crippen molar-refractivity contribution in [3.8, 4) is 0 Å². The number of amides is 1. The Morgan fingerprint density at radius 1 is 1.11 bits per heavy atom. The van der Waals surface area contributed by atoms with Crippen molar-refractivity contribution >= 4 is 61.4 Å². The fourth-order valence-corrected chi connectivity index (χ4v) is 5.05.